The fraction of sp³-hybridized carbons (Fsp3) is 0.636. The molecule has 0 amide bonds. The molecule has 0 aliphatic carbocycles. The van der Waals surface area contributed by atoms with Gasteiger partial charge in [-0.3, -0.25) is 0 Å². The Kier molecular flexibility index (Phi) is 3.18. The van der Waals surface area contributed by atoms with E-state index in [9.17, 15) is 8.42 Å². The van der Waals surface area contributed by atoms with Gasteiger partial charge in [0.1, 0.15) is 5.82 Å². The van der Waals surface area contributed by atoms with Crippen molar-refractivity contribution >= 4 is 9.84 Å². The number of aryl methyl sites for hydroxylation is 2. The molecule has 1 atom stereocenters. The Bertz CT molecular complexity index is 540. The summed E-state index contributed by atoms with van der Waals surface area (Å²) < 4.78 is 23.1. The van der Waals surface area contributed by atoms with Crippen LogP contribution in [-0.2, 0) is 22.0 Å². The Morgan fingerprint density at radius 2 is 2.06 bits per heavy atom. The highest BCUT2D eigenvalue weighted by Crippen LogP contribution is 2.22. The fourth-order valence-corrected chi connectivity index (χ4v) is 3.40. The highest BCUT2D eigenvalue weighted by Gasteiger charge is 2.25. The maximum Gasteiger partial charge on any atom is 0.154 e. The second kappa shape index (κ2) is 4.34. The molecule has 2 heterocycles. The van der Waals surface area contributed by atoms with Gasteiger partial charge in [0.25, 0.3) is 0 Å². The molecule has 0 bridgehead atoms. The van der Waals surface area contributed by atoms with Crippen molar-refractivity contribution in [3.8, 4) is 0 Å². The van der Waals surface area contributed by atoms with Crippen molar-refractivity contribution in [2.75, 3.05) is 12.8 Å². The van der Waals surface area contributed by atoms with Gasteiger partial charge in [-0.15, -0.1) is 0 Å². The quantitative estimate of drug-likeness (QED) is 0.835. The van der Waals surface area contributed by atoms with Crippen LogP contribution in [0.4, 0.5) is 0 Å². The van der Waals surface area contributed by atoms with E-state index in [1.807, 2.05) is 20.9 Å². The number of sulfone groups is 1. The number of nitrogens with one attached hydrogen (secondary N) is 1. The van der Waals surface area contributed by atoms with E-state index in [0.717, 1.165) is 22.8 Å². The monoisotopic (exact) mass is 255 g/mol. The van der Waals surface area contributed by atoms with Crippen LogP contribution in [0.2, 0.25) is 0 Å². The molecule has 1 unspecified atom stereocenters. The second-order valence-corrected chi connectivity index (χ2v) is 6.63. The Morgan fingerprint density at radius 1 is 1.35 bits per heavy atom. The summed E-state index contributed by atoms with van der Waals surface area (Å²) in [6.45, 7) is 3.84. The number of rotatable bonds is 2. The summed E-state index contributed by atoms with van der Waals surface area (Å²) in [6.07, 6.45) is 0.504. The van der Waals surface area contributed by atoms with Gasteiger partial charge in [0.2, 0.25) is 0 Å². The molecule has 1 aromatic heterocycles. The molecule has 94 valence electrons. The average Bonchev–Trinajstić information content (AvgIpc) is 2.28. The van der Waals surface area contributed by atoms with Crippen molar-refractivity contribution in [3.63, 3.8) is 0 Å². The molecule has 1 aliphatic heterocycles. The predicted octanol–water partition coefficient (Wildman–Crippen LogP) is 0.536. The van der Waals surface area contributed by atoms with Crippen LogP contribution in [0.25, 0.3) is 0 Å². The van der Waals surface area contributed by atoms with Crippen LogP contribution < -0.4 is 5.32 Å². The molecule has 1 aliphatic rings. The van der Waals surface area contributed by atoms with Crippen molar-refractivity contribution in [2.24, 2.45) is 0 Å². The first-order valence-electron chi connectivity index (χ1n) is 5.67. The molecular formula is C11H17N3O2S. The van der Waals surface area contributed by atoms with Crippen molar-refractivity contribution in [1.82, 2.24) is 15.3 Å². The van der Waals surface area contributed by atoms with E-state index in [2.05, 4.69) is 15.3 Å². The Balaban J connectivity index is 2.47. The number of hydrogen-bond acceptors (Lipinski definition) is 5. The predicted molar refractivity (Wildman–Crippen MR) is 65.4 cm³/mol. The molecule has 0 saturated heterocycles. The molecular weight excluding hydrogens is 238 g/mol. The zero-order valence-corrected chi connectivity index (χ0v) is 11.1. The summed E-state index contributed by atoms with van der Waals surface area (Å²) in [5.41, 5.74) is 2.48. The van der Waals surface area contributed by atoms with Crippen molar-refractivity contribution < 1.29 is 8.42 Å². The normalized spacial score (nSPS) is 19.7. The molecule has 6 heteroatoms. The van der Waals surface area contributed by atoms with Crippen LogP contribution in [0.1, 0.15) is 35.7 Å². The summed E-state index contributed by atoms with van der Waals surface area (Å²) in [4.78, 5) is 8.86. The van der Waals surface area contributed by atoms with Gasteiger partial charge < -0.3 is 5.32 Å². The van der Waals surface area contributed by atoms with E-state index in [4.69, 9.17) is 0 Å². The van der Waals surface area contributed by atoms with Gasteiger partial charge in [0.15, 0.2) is 9.84 Å². The molecule has 0 saturated carbocycles. The Labute approximate surface area is 102 Å². The van der Waals surface area contributed by atoms with Crippen LogP contribution in [0.5, 0.6) is 0 Å². The molecule has 2 rings (SSSR count). The zero-order valence-electron chi connectivity index (χ0n) is 10.3. The third-order valence-corrected chi connectivity index (χ3v) is 4.71. The van der Waals surface area contributed by atoms with Crippen molar-refractivity contribution in [2.45, 2.75) is 32.1 Å². The third kappa shape index (κ3) is 2.47. The van der Waals surface area contributed by atoms with Crippen LogP contribution in [-0.4, -0.2) is 31.2 Å². The van der Waals surface area contributed by atoms with E-state index in [-0.39, 0.29) is 17.5 Å². The molecule has 1 aromatic rings. The summed E-state index contributed by atoms with van der Waals surface area (Å²) in [5.74, 6) is 1.02. The molecule has 0 spiro atoms. The van der Waals surface area contributed by atoms with Gasteiger partial charge in [-0.1, -0.05) is 0 Å². The largest absolute Gasteiger partial charge is 0.311 e. The summed E-state index contributed by atoms with van der Waals surface area (Å²) in [7, 11) is -1.10. The van der Waals surface area contributed by atoms with Gasteiger partial charge in [-0.25, -0.2) is 18.4 Å². The molecule has 17 heavy (non-hydrogen) atoms. The van der Waals surface area contributed by atoms with Crippen LogP contribution >= 0.6 is 0 Å². The fourth-order valence-electron chi connectivity index (χ4n) is 1.94. The van der Waals surface area contributed by atoms with Gasteiger partial charge in [-0.2, -0.15) is 0 Å². The summed E-state index contributed by atoms with van der Waals surface area (Å²) in [5, 5.41) is 3.09. The maximum atomic E-state index is 11.6. The molecule has 5 nitrogen and oxygen atoms in total. The van der Waals surface area contributed by atoms with E-state index >= 15 is 0 Å². The van der Waals surface area contributed by atoms with Gasteiger partial charge >= 0.3 is 0 Å². The van der Waals surface area contributed by atoms with Gasteiger partial charge in [0.05, 0.1) is 17.5 Å². The first kappa shape index (κ1) is 12.4. The lowest BCUT2D eigenvalue weighted by atomic mass is 10.1. The number of nitrogens with zero attached hydrogens (tertiary/aromatic N) is 2. The average molecular weight is 255 g/mol. The highest BCUT2D eigenvalue weighted by molar-refractivity contribution is 7.90. The minimum absolute atomic E-state index is 0.0810. The lowest BCUT2D eigenvalue weighted by molar-refractivity contribution is 0.582. The lowest BCUT2D eigenvalue weighted by Crippen LogP contribution is -2.24. The molecule has 1 N–H and O–H groups in total. The summed E-state index contributed by atoms with van der Waals surface area (Å²) in [6, 6.07) is 0.0810. The first-order valence-corrected chi connectivity index (χ1v) is 7.49. The minimum atomic E-state index is -2.95. The molecule has 0 fully saturated rings. The first-order chi connectivity index (χ1) is 7.93. The van der Waals surface area contributed by atoms with Crippen LogP contribution in [0.15, 0.2) is 0 Å². The van der Waals surface area contributed by atoms with Crippen molar-refractivity contribution in [1.29, 1.82) is 0 Å². The molecule has 0 aromatic carbocycles. The summed E-state index contributed by atoms with van der Waals surface area (Å²) >= 11 is 0. The third-order valence-electron chi connectivity index (χ3n) is 3.15. The van der Waals surface area contributed by atoms with E-state index in [0.29, 0.717) is 6.42 Å². The topological polar surface area (TPSA) is 72.0 Å². The van der Waals surface area contributed by atoms with Gasteiger partial charge in [0, 0.05) is 23.4 Å². The van der Waals surface area contributed by atoms with E-state index < -0.39 is 9.84 Å². The maximum absolute atomic E-state index is 11.6. The van der Waals surface area contributed by atoms with E-state index in [1.54, 1.807) is 0 Å². The number of hydrogen-bond donors (Lipinski definition) is 1. The SMILES string of the molecule is CNC(C)c1nc(C)c2c(n1)CCS(=O)(=O)C2. The molecule has 0 radical (unpaired) electrons. The smallest absolute Gasteiger partial charge is 0.154 e. The lowest BCUT2D eigenvalue weighted by Gasteiger charge is -2.19. The van der Waals surface area contributed by atoms with Gasteiger partial charge in [-0.05, 0) is 20.9 Å². The number of aromatic nitrogens is 2. The van der Waals surface area contributed by atoms with Crippen LogP contribution in [0.3, 0.4) is 0 Å². The van der Waals surface area contributed by atoms with Crippen LogP contribution in [0, 0.1) is 6.92 Å². The second-order valence-electron chi connectivity index (χ2n) is 4.44. The minimum Gasteiger partial charge on any atom is -0.311 e. The van der Waals surface area contributed by atoms with E-state index in [1.165, 1.54) is 0 Å². The number of fused-ring (bicyclic) bond motifs is 1. The Morgan fingerprint density at radius 3 is 2.71 bits per heavy atom. The standard InChI is InChI=1S/C11H17N3O2S/c1-7-9-6-17(15,16)5-4-10(9)14-11(13-7)8(2)12-3/h8,12H,4-6H2,1-3H3. The highest BCUT2D eigenvalue weighted by atomic mass is 32.2. The zero-order chi connectivity index (χ0) is 12.6. The Hall–Kier alpha value is -1.01. The van der Waals surface area contributed by atoms with Crippen molar-refractivity contribution in [3.05, 3.63) is 22.8 Å².